The fraction of sp³-hybridized carbons (Fsp3) is 0.222. The number of rotatable bonds is 5. The highest BCUT2D eigenvalue weighted by molar-refractivity contribution is 8.01. The van der Waals surface area contributed by atoms with Crippen molar-refractivity contribution in [3.05, 3.63) is 59.7 Å². The standard InChI is InChI=1S/C18H17N3O2S2/c1-23-13-7-4-6-12(10-13)19-17-20-21-18(25-17)24-15-9-11-5-2-3-8-14(11)16(15)22/h2-8,10,15-16,22H,9H2,1H3,(H,19,20)/t15-,16-/m0/s1. The molecule has 128 valence electrons. The quantitative estimate of drug-likeness (QED) is 0.705. The van der Waals surface area contributed by atoms with Gasteiger partial charge in [-0.15, -0.1) is 10.2 Å². The van der Waals surface area contributed by atoms with Gasteiger partial charge < -0.3 is 15.2 Å². The molecule has 25 heavy (non-hydrogen) atoms. The van der Waals surface area contributed by atoms with E-state index in [1.807, 2.05) is 42.5 Å². The van der Waals surface area contributed by atoms with Crippen LogP contribution in [0, 0.1) is 0 Å². The van der Waals surface area contributed by atoms with Gasteiger partial charge in [0, 0.05) is 17.0 Å². The summed E-state index contributed by atoms with van der Waals surface area (Å²) in [6, 6.07) is 15.7. The van der Waals surface area contributed by atoms with Crippen LogP contribution in [-0.2, 0) is 6.42 Å². The van der Waals surface area contributed by atoms with Crippen molar-refractivity contribution in [3.63, 3.8) is 0 Å². The summed E-state index contributed by atoms with van der Waals surface area (Å²) in [6.45, 7) is 0. The lowest BCUT2D eigenvalue weighted by Gasteiger charge is -2.12. The third-order valence-electron chi connectivity index (χ3n) is 4.13. The maximum Gasteiger partial charge on any atom is 0.210 e. The van der Waals surface area contributed by atoms with Crippen LogP contribution in [-0.4, -0.2) is 27.7 Å². The Morgan fingerprint density at radius 3 is 2.92 bits per heavy atom. The van der Waals surface area contributed by atoms with Crippen LogP contribution in [0.3, 0.4) is 0 Å². The Morgan fingerprint density at radius 1 is 1.20 bits per heavy atom. The predicted molar refractivity (Wildman–Crippen MR) is 101 cm³/mol. The molecule has 0 spiro atoms. The van der Waals surface area contributed by atoms with E-state index in [0.29, 0.717) is 0 Å². The van der Waals surface area contributed by atoms with E-state index in [1.54, 1.807) is 18.9 Å². The first-order valence-corrected chi connectivity index (χ1v) is 9.59. The average Bonchev–Trinajstić information content (AvgIpc) is 3.20. The molecule has 0 fully saturated rings. The SMILES string of the molecule is COc1cccc(Nc2nnc(S[C@H]3Cc4ccccc4[C@@H]3O)s2)c1. The lowest BCUT2D eigenvalue weighted by Crippen LogP contribution is -2.08. The van der Waals surface area contributed by atoms with Crippen LogP contribution in [0.2, 0.25) is 0 Å². The monoisotopic (exact) mass is 371 g/mol. The molecule has 1 aliphatic carbocycles. The Kier molecular flexibility index (Phi) is 4.61. The molecule has 2 aromatic carbocycles. The smallest absolute Gasteiger partial charge is 0.210 e. The number of fused-ring (bicyclic) bond motifs is 1. The number of thioether (sulfide) groups is 1. The van der Waals surface area contributed by atoms with E-state index in [1.165, 1.54) is 16.9 Å². The van der Waals surface area contributed by atoms with E-state index in [2.05, 4.69) is 21.6 Å². The summed E-state index contributed by atoms with van der Waals surface area (Å²) in [5, 5.41) is 23.0. The zero-order valence-corrected chi connectivity index (χ0v) is 15.2. The number of aliphatic hydroxyl groups is 1. The summed E-state index contributed by atoms with van der Waals surface area (Å²) in [5.41, 5.74) is 3.14. The van der Waals surface area contributed by atoms with Crippen molar-refractivity contribution in [1.29, 1.82) is 0 Å². The second kappa shape index (κ2) is 7.03. The maximum atomic E-state index is 10.5. The highest BCUT2D eigenvalue weighted by Gasteiger charge is 2.32. The van der Waals surface area contributed by atoms with Crippen LogP contribution in [0.1, 0.15) is 17.2 Å². The molecule has 4 rings (SSSR count). The van der Waals surface area contributed by atoms with Gasteiger partial charge in [-0.2, -0.15) is 0 Å². The molecule has 5 nitrogen and oxygen atoms in total. The summed E-state index contributed by atoms with van der Waals surface area (Å²) in [5.74, 6) is 0.788. The van der Waals surface area contributed by atoms with Gasteiger partial charge in [-0.3, -0.25) is 0 Å². The third-order valence-corrected chi connectivity index (χ3v) is 6.31. The molecule has 0 amide bonds. The highest BCUT2D eigenvalue weighted by Crippen LogP contribution is 2.42. The number of ether oxygens (including phenoxy) is 1. The number of anilines is 2. The van der Waals surface area contributed by atoms with Crippen molar-refractivity contribution < 1.29 is 9.84 Å². The number of methoxy groups -OCH3 is 1. The average molecular weight is 371 g/mol. The van der Waals surface area contributed by atoms with Gasteiger partial charge in [-0.25, -0.2) is 0 Å². The minimum Gasteiger partial charge on any atom is -0.497 e. The van der Waals surface area contributed by atoms with E-state index >= 15 is 0 Å². The molecule has 0 radical (unpaired) electrons. The van der Waals surface area contributed by atoms with E-state index in [9.17, 15) is 5.11 Å². The third kappa shape index (κ3) is 3.49. The van der Waals surface area contributed by atoms with Crippen LogP contribution in [0.15, 0.2) is 52.9 Å². The molecular formula is C18H17N3O2S2. The number of aliphatic hydroxyl groups excluding tert-OH is 1. The summed E-state index contributed by atoms with van der Waals surface area (Å²) in [4.78, 5) is 0. The van der Waals surface area contributed by atoms with Crippen molar-refractivity contribution in [1.82, 2.24) is 10.2 Å². The summed E-state index contributed by atoms with van der Waals surface area (Å²) < 4.78 is 6.07. The zero-order chi connectivity index (χ0) is 17.2. The van der Waals surface area contributed by atoms with Gasteiger partial charge >= 0.3 is 0 Å². The second-order valence-corrected chi connectivity index (χ2v) is 8.20. The zero-order valence-electron chi connectivity index (χ0n) is 13.5. The predicted octanol–water partition coefficient (Wildman–Crippen LogP) is 4.04. The summed E-state index contributed by atoms with van der Waals surface area (Å²) in [7, 11) is 1.64. The molecule has 1 aliphatic rings. The first-order chi connectivity index (χ1) is 12.2. The molecular weight excluding hydrogens is 354 g/mol. The van der Waals surface area contributed by atoms with Crippen LogP contribution in [0.4, 0.5) is 10.8 Å². The highest BCUT2D eigenvalue weighted by atomic mass is 32.2. The molecule has 0 unspecified atom stereocenters. The molecule has 0 bridgehead atoms. The Morgan fingerprint density at radius 2 is 2.08 bits per heavy atom. The van der Waals surface area contributed by atoms with E-state index in [0.717, 1.165) is 32.9 Å². The topological polar surface area (TPSA) is 67.3 Å². The van der Waals surface area contributed by atoms with Gasteiger partial charge in [0.05, 0.1) is 13.2 Å². The van der Waals surface area contributed by atoms with Crippen molar-refractivity contribution in [2.75, 3.05) is 12.4 Å². The van der Waals surface area contributed by atoms with E-state index in [4.69, 9.17) is 4.74 Å². The van der Waals surface area contributed by atoms with Crippen LogP contribution in [0.25, 0.3) is 0 Å². The number of hydrogen-bond donors (Lipinski definition) is 2. The lowest BCUT2D eigenvalue weighted by molar-refractivity contribution is 0.185. The minimum atomic E-state index is -0.458. The van der Waals surface area contributed by atoms with Crippen molar-refractivity contribution in [2.24, 2.45) is 0 Å². The summed E-state index contributed by atoms with van der Waals surface area (Å²) in [6.07, 6.45) is 0.389. The Hall–Kier alpha value is -2.09. The largest absolute Gasteiger partial charge is 0.497 e. The van der Waals surface area contributed by atoms with Gasteiger partial charge in [0.1, 0.15) is 5.75 Å². The molecule has 2 atom stereocenters. The molecule has 2 N–H and O–H groups in total. The molecule has 7 heteroatoms. The number of nitrogens with one attached hydrogen (secondary N) is 1. The fourth-order valence-corrected chi connectivity index (χ4v) is 5.09. The van der Waals surface area contributed by atoms with Gasteiger partial charge in [0.15, 0.2) is 4.34 Å². The maximum absolute atomic E-state index is 10.5. The molecule has 1 aromatic heterocycles. The lowest BCUT2D eigenvalue weighted by atomic mass is 10.1. The molecule has 0 saturated heterocycles. The molecule has 1 heterocycles. The Balaban J connectivity index is 1.44. The minimum absolute atomic E-state index is 0.0787. The second-order valence-electron chi connectivity index (χ2n) is 5.73. The Labute approximate surface area is 154 Å². The number of nitrogens with zero attached hydrogens (tertiary/aromatic N) is 2. The molecule has 0 saturated carbocycles. The van der Waals surface area contributed by atoms with E-state index in [-0.39, 0.29) is 5.25 Å². The van der Waals surface area contributed by atoms with Gasteiger partial charge in [0.25, 0.3) is 0 Å². The number of aromatic nitrogens is 2. The van der Waals surface area contributed by atoms with Crippen LogP contribution < -0.4 is 10.1 Å². The first-order valence-electron chi connectivity index (χ1n) is 7.90. The summed E-state index contributed by atoms with van der Waals surface area (Å²) >= 11 is 3.07. The molecule has 3 aromatic rings. The normalized spacial score (nSPS) is 18.8. The van der Waals surface area contributed by atoms with Crippen molar-refractivity contribution in [3.8, 4) is 5.75 Å². The van der Waals surface area contributed by atoms with Crippen LogP contribution in [0.5, 0.6) is 5.75 Å². The number of benzene rings is 2. The van der Waals surface area contributed by atoms with Crippen LogP contribution >= 0.6 is 23.1 Å². The van der Waals surface area contributed by atoms with Gasteiger partial charge in [-0.05, 0) is 29.7 Å². The Bertz CT molecular complexity index is 884. The van der Waals surface area contributed by atoms with Crippen molar-refractivity contribution >= 4 is 33.9 Å². The molecule has 0 aliphatic heterocycles. The van der Waals surface area contributed by atoms with E-state index < -0.39 is 6.10 Å². The van der Waals surface area contributed by atoms with Crippen molar-refractivity contribution in [2.45, 2.75) is 22.1 Å². The first kappa shape index (κ1) is 16.4. The fourth-order valence-electron chi connectivity index (χ4n) is 2.91. The van der Waals surface area contributed by atoms with Gasteiger partial charge in [-0.1, -0.05) is 53.4 Å². The number of hydrogen-bond acceptors (Lipinski definition) is 7. The van der Waals surface area contributed by atoms with Gasteiger partial charge in [0.2, 0.25) is 5.13 Å².